The van der Waals surface area contributed by atoms with Crippen LogP contribution < -0.4 is 16.6 Å². The third-order valence-electron chi connectivity index (χ3n) is 2.90. The van der Waals surface area contributed by atoms with Crippen molar-refractivity contribution in [1.29, 1.82) is 0 Å². The summed E-state index contributed by atoms with van der Waals surface area (Å²) in [6.45, 7) is -0.00287. The lowest BCUT2D eigenvalue weighted by Gasteiger charge is -2.08. The van der Waals surface area contributed by atoms with E-state index in [9.17, 15) is 25.0 Å². The Balaban J connectivity index is 2.50. The van der Waals surface area contributed by atoms with Crippen LogP contribution in [-0.2, 0) is 6.54 Å². The Hall–Kier alpha value is -3.47. The van der Waals surface area contributed by atoms with Gasteiger partial charge in [0.2, 0.25) is 0 Å². The molecule has 0 aliphatic heterocycles. The number of carbonyl (C=O) groups excluding carboxylic acids is 1. The van der Waals surface area contributed by atoms with Crippen molar-refractivity contribution in [2.45, 2.75) is 6.54 Å². The summed E-state index contributed by atoms with van der Waals surface area (Å²) in [7, 11) is 0. The molecule has 0 aliphatic carbocycles. The quantitative estimate of drug-likeness (QED) is 0.310. The molecular formula is C12H11N5O6. The van der Waals surface area contributed by atoms with Crippen molar-refractivity contribution in [3.05, 3.63) is 62.1 Å². The van der Waals surface area contributed by atoms with Crippen molar-refractivity contribution in [2.24, 2.45) is 5.84 Å². The molecule has 1 amide bonds. The van der Waals surface area contributed by atoms with E-state index < -0.39 is 27.1 Å². The maximum Gasteiger partial charge on any atom is 0.300 e. The summed E-state index contributed by atoms with van der Waals surface area (Å²) < 4.78 is 5.05. The summed E-state index contributed by atoms with van der Waals surface area (Å²) in [6, 6.07) is 5.01. The number of benzene rings is 1. The van der Waals surface area contributed by atoms with Crippen molar-refractivity contribution >= 4 is 23.0 Å². The minimum atomic E-state index is -0.881. The molecule has 120 valence electrons. The molecule has 11 nitrogen and oxygen atoms in total. The average Bonchev–Trinajstić information content (AvgIpc) is 3.04. The molecule has 2 rings (SSSR count). The summed E-state index contributed by atoms with van der Waals surface area (Å²) >= 11 is 0. The summed E-state index contributed by atoms with van der Waals surface area (Å²) in [5.74, 6) is 4.50. The van der Waals surface area contributed by atoms with Gasteiger partial charge in [0, 0.05) is 12.1 Å². The third kappa shape index (κ3) is 3.41. The molecule has 0 fully saturated rings. The number of nitrogens with one attached hydrogen (secondary N) is 2. The van der Waals surface area contributed by atoms with Crippen LogP contribution in [0.1, 0.15) is 16.1 Å². The fourth-order valence-corrected chi connectivity index (χ4v) is 1.88. The zero-order valence-corrected chi connectivity index (χ0v) is 11.5. The maximum atomic E-state index is 11.5. The van der Waals surface area contributed by atoms with Gasteiger partial charge in [-0.2, -0.15) is 0 Å². The predicted octanol–water partition coefficient (Wildman–Crippen LogP) is 1.31. The molecule has 11 heteroatoms. The van der Waals surface area contributed by atoms with Crippen molar-refractivity contribution in [3.8, 4) is 0 Å². The molecule has 4 N–H and O–H groups in total. The molecule has 0 spiro atoms. The van der Waals surface area contributed by atoms with E-state index in [0.717, 1.165) is 12.1 Å². The molecule has 2 aromatic rings. The van der Waals surface area contributed by atoms with Crippen LogP contribution in [0.15, 0.2) is 34.9 Å². The van der Waals surface area contributed by atoms with Crippen LogP contribution in [0, 0.1) is 20.2 Å². The fraction of sp³-hybridized carbons (Fsp3) is 0.0833. The number of anilines is 1. The van der Waals surface area contributed by atoms with Gasteiger partial charge in [-0.25, -0.2) is 5.84 Å². The Morgan fingerprint density at radius 2 is 1.83 bits per heavy atom. The predicted molar refractivity (Wildman–Crippen MR) is 77.4 cm³/mol. The monoisotopic (exact) mass is 321 g/mol. The number of nitro benzene ring substituents is 2. The molecule has 23 heavy (non-hydrogen) atoms. The minimum Gasteiger partial charge on any atom is -0.467 e. The first kappa shape index (κ1) is 15.9. The Bertz CT molecular complexity index is 722. The zero-order chi connectivity index (χ0) is 17.0. The normalized spacial score (nSPS) is 10.1. The number of rotatable bonds is 6. The van der Waals surface area contributed by atoms with Crippen molar-refractivity contribution in [3.63, 3.8) is 0 Å². The van der Waals surface area contributed by atoms with Gasteiger partial charge in [-0.1, -0.05) is 0 Å². The first-order valence-electron chi connectivity index (χ1n) is 6.18. The van der Waals surface area contributed by atoms with Crippen molar-refractivity contribution in [1.82, 2.24) is 5.43 Å². The highest BCUT2D eigenvalue weighted by molar-refractivity contribution is 5.97. The van der Waals surface area contributed by atoms with Gasteiger partial charge in [-0.15, -0.1) is 0 Å². The summed E-state index contributed by atoms with van der Waals surface area (Å²) in [4.78, 5) is 32.2. The standard InChI is InChI=1S/C12H11N5O6/c13-15-12(18)7-4-9(16(19)20)11(10(5-7)17(21)22)14-6-8-2-1-3-23-8/h1-5,14H,6,13H2,(H,15,18). The second-order valence-corrected chi connectivity index (χ2v) is 4.31. The van der Waals surface area contributed by atoms with Gasteiger partial charge in [-0.05, 0) is 12.1 Å². The van der Waals surface area contributed by atoms with Gasteiger partial charge in [0.25, 0.3) is 17.3 Å². The molecule has 0 aliphatic rings. The smallest absolute Gasteiger partial charge is 0.300 e. The molecule has 0 saturated heterocycles. The molecule has 0 radical (unpaired) electrons. The van der Waals surface area contributed by atoms with Crippen LogP contribution in [0.25, 0.3) is 0 Å². The van der Waals surface area contributed by atoms with Crippen LogP contribution in [0.3, 0.4) is 0 Å². The zero-order valence-electron chi connectivity index (χ0n) is 11.5. The third-order valence-corrected chi connectivity index (χ3v) is 2.90. The van der Waals surface area contributed by atoms with Gasteiger partial charge in [-0.3, -0.25) is 30.4 Å². The Morgan fingerprint density at radius 3 is 2.26 bits per heavy atom. The summed E-state index contributed by atoms with van der Waals surface area (Å²) in [6.07, 6.45) is 1.40. The topological polar surface area (TPSA) is 167 Å². The molecule has 0 atom stereocenters. The van der Waals surface area contributed by atoms with Crippen LogP contribution in [0.4, 0.5) is 17.1 Å². The molecule has 0 unspecified atom stereocenters. The van der Waals surface area contributed by atoms with Crippen molar-refractivity contribution < 1.29 is 19.1 Å². The second-order valence-electron chi connectivity index (χ2n) is 4.31. The van der Waals surface area contributed by atoms with E-state index in [2.05, 4.69) is 5.32 Å². The van der Waals surface area contributed by atoms with E-state index in [1.54, 1.807) is 17.6 Å². The largest absolute Gasteiger partial charge is 0.467 e. The lowest BCUT2D eigenvalue weighted by molar-refractivity contribution is -0.392. The number of hydrazine groups is 1. The van der Waals surface area contributed by atoms with E-state index in [1.807, 2.05) is 0 Å². The molecule has 1 aromatic carbocycles. The summed E-state index contributed by atoms with van der Waals surface area (Å²) in [5, 5.41) is 24.9. The molecule has 1 heterocycles. The Morgan fingerprint density at radius 1 is 1.22 bits per heavy atom. The van der Waals surface area contributed by atoms with Crippen molar-refractivity contribution in [2.75, 3.05) is 5.32 Å². The molecule has 1 aromatic heterocycles. The number of nitro groups is 2. The van der Waals surface area contributed by atoms with Crippen LogP contribution >= 0.6 is 0 Å². The van der Waals surface area contributed by atoms with Crippen LogP contribution in [0.2, 0.25) is 0 Å². The van der Waals surface area contributed by atoms with Gasteiger partial charge in [0.15, 0.2) is 5.69 Å². The highest BCUT2D eigenvalue weighted by atomic mass is 16.6. The lowest BCUT2D eigenvalue weighted by atomic mass is 10.1. The highest BCUT2D eigenvalue weighted by Gasteiger charge is 2.28. The number of nitrogens with two attached hydrogens (primary N) is 1. The number of carbonyl (C=O) groups is 1. The van der Waals surface area contributed by atoms with E-state index in [4.69, 9.17) is 10.3 Å². The van der Waals surface area contributed by atoms with Crippen LogP contribution in [0.5, 0.6) is 0 Å². The maximum absolute atomic E-state index is 11.5. The van der Waals surface area contributed by atoms with E-state index in [1.165, 1.54) is 6.26 Å². The number of hydrogen-bond acceptors (Lipinski definition) is 8. The van der Waals surface area contributed by atoms with Gasteiger partial charge in [0.1, 0.15) is 5.76 Å². The Kier molecular flexibility index (Phi) is 4.52. The first-order chi connectivity index (χ1) is 10.9. The summed E-state index contributed by atoms with van der Waals surface area (Å²) in [5.41, 5.74) is -0.0996. The number of hydrogen-bond donors (Lipinski definition) is 3. The lowest BCUT2D eigenvalue weighted by Crippen LogP contribution is -2.30. The molecular weight excluding hydrogens is 310 g/mol. The van der Waals surface area contributed by atoms with E-state index in [0.29, 0.717) is 5.76 Å². The number of nitrogens with zero attached hydrogens (tertiary/aromatic N) is 2. The average molecular weight is 321 g/mol. The molecule has 0 bridgehead atoms. The molecule has 0 saturated carbocycles. The van der Waals surface area contributed by atoms with Gasteiger partial charge >= 0.3 is 0 Å². The number of nitrogen functional groups attached to an aromatic ring is 1. The number of furan rings is 1. The second kappa shape index (κ2) is 6.53. The number of amides is 1. The van der Waals surface area contributed by atoms with Gasteiger partial charge < -0.3 is 9.73 Å². The van der Waals surface area contributed by atoms with E-state index in [-0.39, 0.29) is 17.8 Å². The Labute approximate surface area is 128 Å². The minimum absolute atomic E-state index is 0.00287. The first-order valence-corrected chi connectivity index (χ1v) is 6.18. The SMILES string of the molecule is NNC(=O)c1cc([N+](=O)[O-])c(NCc2ccco2)c([N+](=O)[O-])c1. The van der Waals surface area contributed by atoms with Crippen LogP contribution in [-0.4, -0.2) is 15.8 Å². The highest BCUT2D eigenvalue weighted by Crippen LogP contribution is 2.36. The van der Waals surface area contributed by atoms with E-state index >= 15 is 0 Å². The van der Waals surface area contributed by atoms with Gasteiger partial charge in [0.05, 0.1) is 28.2 Å². The fourth-order valence-electron chi connectivity index (χ4n) is 1.88.